The molecule has 3 N–H and O–H groups in total. The number of halogens is 1. The van der Waals surface area contributed by atoms with Crippen LogP contribution in [0.15, 0.2) is 16.7 Å². The number of ether oxygens (including phenoxy) is 1. The molecule has 0 radical (unpaired) electrons. The molecule has 5 heteroatoms. The van der Waals surface area contributed by atoms with Crippen LogP contribution in [0.4, 0.5) is 11.5 Å². The molecule has 2 atom stereocenters. The van der Waals surface area contributed by atoms with Crippen molar-refractivity contribution in [3.8, 4) is 0 Å². The maximum atomic E-state index is 5.63. The van der Waals surface area contributed by atoms with Crippen LogP contribution < -0.4 is 11.1 Å². The fourth-order valence-electron chi connectivity index (χ4n) is 1.85. The Balaban J connectivity index is 1.94. The van der Waals surface area contributed by atoms with Gasteiger partial charge in [0.1, 0.15) is 5.82 Å². The van der Waals surface area contributed by atoms with E-state index in [9.17, 15) is 0 Å². The quantitative estimate of drug-likeness (QED) is 0.894. The molecule has 1 aliphatic rings. The van der Waals surface area contributed by atoms with Gasteiger partial charge in [-0.05, 0) is 35.3 Å². The molecule has 0 bridgehead atoms. The van der Waals surface area contributed by atoms with Crippen LogP contribution in [0.5, 0.6) is 0 Å². The Hall–Kier alpha value is -0.810. The number of hydrogen-bond acceptors (Lipinski definition) is 4. The van der Waals surface area contributed by atoms with Gasteiger partial charge < -0.3 is 15.8 Å². The molecule has 0 spiro atoms. The molecule has 0 aromatic carbocycles. The first-order chi connectivity index (χ1) is 7.66. The maximum Gasteiger partial charge on any atom is 0.140 e. The van der Waals surface area contributed by atoms with Crippen molar-refractivity contribution in [2.24, 2.45) is 5.92 Å². The summed E-state index contributed by atoms with van der Waals surface area (Å²) in [7, 11) is 0. The fourth-order valence-corrected chi connectivity index (χ4v) is 2.36. The molecule has 16 heavy (non-hydrogen) atoms. The molecule has 1 fully saturated rings. The molecule has 2 unspecified atom stereocenters. The molecular weight excluding hydrogens is 270 g/mol. The van der Waals surface area contributed by atoms with Gasteiger partial charge in [-0.15, -0.1) is 0 Å². The summed E-state index contributed by atoms with van der Waals surface area (Å²) >= 11 is 3.44. The molecule has 1 aromatic rings. The van der Waals surface area contributed by atoms with Gasteiger partial charge in [-0.25, -0.2) is 4.98 Å². The molecule has 0 amide bonds. The van der Waals surface area contributed by atoms with Crippen LogP contribution in [-0.2, 0) is 4.74 Å². The SMILES string of the molecule is CC1OCCC1CNc1ncc(N)cc1Br. The fraction of sp³-hybridized carbons (Fsp3) is 0.545. The van der Waals surface area contributed by atoms with Crippen molar-refractivity contribution >= 4 is 27.4 Å². The first kappa shape index (κ1) is 11.7. The Morgan fingerprint density at radius 1 is 1.69 bits per heavy atom. The topological polar surface area (TPSA) is 60.2 Å². The van der Waals surface area contributed by atoms with Crippen LogP contribution in [0.1, 0.15) is 13.3 Å². The van der Waals surface area contributed by atoms with Gasteiger partial charge in [-0.1, -0.05) is 0 Å². The van der Waals surface area contributed by atoms with Gasteiger partial charge in [0.15, 0.2) is 0 Å². The Morgan fingerprint density at radius 3 is 3.12 bits per heavy atom. The zero-order valence-corrected chi connectivity index (χ0v) is 10.8. The summed E-state index contributed by atoms with van der Waals surface area (Å²) in [4.78, 5) is 4.24. The van der Waals surface area contributed by atoms with E-state index < -0.39 is 0 Å². The van der Waals surface area contributed by atoms with Crippen LogP contribution in [0.2, 0.25) is 0 Å². The Labute approximate surface area is 104 Å². The van der Waals surface area contributed by atoms with Crippen LogP contribution in [0, 0.1) is 5.92 Å². The number of anilines is 2. The monoisotopic (exact) mass is 285 g/mol. The maximum absolute atomic E-state index is 5.63. The lowest BCUT2D eigenvalue weighted by Crippen LogP contribution is -2.21. The minimum atomic E-state index is 0.333. The van der Waals surface area contributed by atoms with Crippen LogP contribution >= 0.6 is 15.9 Å². The van der Waals surface area contributed by atoms with Crippen molar-refractivity contribution < 1.29 is 4.74 Å². The minimum Gasteiger partial charge on any atom is -0.397 e. The number of pyridine rings is 1. The van der Waals surface area contributed by atoms with Crippen LogP contribution in [0.25, 0.3) is 0 Å². The van der Waals surface area contributed by atoms with Crippen molar-refractivity contribution in [2.45, 2.75) is 19.4 Å². The lowest BCUT2D eigenvalue weighted by Gasteiger charge is -2.15. The van der Waals surface area contributed by atoms with E-state index in [1.807, 2.05) is 6.07 Å². The number of aromatic nitrogens is 1. The van der Waals surface area contributed by atoms with E-state index in [1.54, 1.807) is 6.20 Å². The van der Waals surface area contributed by atoms with E-state index in [0.29, 0.717) is 17.7 Å². The van der Waals surface area contributed by atoms with Crippen LogP contribution in [-0.4, -0.2) is 24.2 Å². The Bertz CT molecular complexity index is 372. The molecule has 0 aliphatic carbocycles. The molecule has 1 saturated heterocycles. The van der Waals surface area contributed by atoms with Gasteiger partial charge in [0.2, 0.25) is 0 Å². The Morgan fingerprint density at radius 2 is 2.50 bits per heavy atom. The average Bonchev–Trinajstić information content (AvgIpc) is 2.63. The second-order valence-corrected chi connectivity index (χ2v) is 4.96. The number of rotatable bonds is 3. The minimum absolute atomic E-state index is 0.333. The van der Waals surface area contributed by atoms with Crippen molar-refractivity contribution in [2.75, 3.05) is 24.2 Å². The normalized spacial score (nSPS) is 24.6. The molecule has 2 heterocycles. The summed E-state index contributed by atoms with van der Waals surface area (Å²) < 4.78 is 6.41. The van der Waals surface area contributed by atoms with E-state index >= 15 is 0 Å². The molecule has 1 aliphatic heterocycles. The number of hydrogen-bond donors (Lipinski definition) is 2. The van der Waals surface area contributed by atoms with Gasteiger partial charge >= 0.3 is 0 Å². The summed E-state index contributed by atoms with van der Waals surface area (Å²) in [6.07, 6.45) is 3.10. The Kier molecular flexibility index (Phi) is 3.66. The van der Waals surface area contributed by atoms with E-state index in [2.05, 4.69) is 33.2 Å². The molecule has 0 saturated carbocycles. The molecule has 4 nitrogen and oxygen atoms in total. The molecule has 2 rings (SSSR count). The second kappa shape index (κ2) is 5.01. The van der Waals surface area contributed by atoms with Crippen molar-refractivity contribution in [1.82, 2.24) is 4.98 Å². The van der Waals surface area contributed by atoms with E-state index in [4.69, 9.17) is 10.5 Å². The second-order valence-electron chi connectivity index (χ2n) is 4.10. The molecular formula is C11H16BrN3O. The largest absolute Gasteiger partial charge is 0.397 e. The van der Waals surface area contributed by atoms with Gasteiger partial charge in [0.25, 0.3) is 0 Å². The predicted molar refractivity (Wildman–Crippen MR) is 68.4 cm³/mol. The number of nitrogens with two attached hydrogens (primary N) is 1. The van der Waals surface area contributed by atoms with Crippen molar-refractivity contribution in [1.29, 1.82) is 0 Å². The molecule has 88 valence electrons. The molecule has 1 aromatic heterocycles. The number of nitrogen functional groups attached to an aromatic ring is 1. The van der Waals surface area contributed by atoms with E-state index in [1.165, 1.54) is 0 Å². The highest BCUT2D eigenvalue weighted by Gasteiger charge is 2.23. The standard InChI is InChI=1S/C11H16BrN3O/c1-7-8(2-3-16-7)5-14-11-10(12)4-9(13)6-15-11/h4,6-8H,2-3,5,13H2,1H3,(H,14,15). The van der Waals surface area contributed by atoms with Gasteiger partial charge in [-0.3, -0.25) is 0 Å². The summed E-state index contributed by atoms with van der Waals surface area (Å²) in [5.41, 5.74) is 6.29. The lowest BCUT2D eigenvalue weighted by atomic mass is 10.0. The highest BCUT2D eigenvalue weighted by molar-refractivity contribution is 9.10. The zero-order valence-electron chi connectivity index (χ0n) is 9.24. The van der Waals surface area contributed by atoms with Gasteiger partial charge in [0, 0.05) is 19.1 Å². The highest BCUT2D eigenvalue weighted by Crippen LogP contribution is 2.24. The number of nitrogens with one attached hydrogen (secondary N) is 1. The van der Waals surface area contributed by atoms with Crippen molar-refractivity contribution in [3.05, 3.63) is 16.7 Å². The van der Waals surface area contributed by atoms with Crippen LogP contribution in [0.3, 0.4) is 0 Å². The van der Waals surface area contributed by atoms with E-state index in [-0.39, 0.29) is 0 Å². The summed E-state index contributed by atoms with van der Waals surface area (Å²) in [6, 6.07) is 1.85. The third-order valence-electron chi connectivity index (χ3n) is 2.93. The third-order valence-corrected chi connectivity index (χ3v) is 3.53. The van der Waals surface area contributed by atoms with Crippen molar-refractivity contribution in [3.63, 3.8) is 0 Å². The summed E-state index contributed by atoms with van der Waals surface area (Å²) in [5, 5.41) is 3.32. The van der Waals surface area contributed by atoms with E-state index in [0.717, 1.165) is 29.9 Å². The van der Waals surface area contributed by atoms with Gasteiger partial charge in [0.05, 0.1) is 22.5 Å². The third kappa shape index (κ3) is 2.65. The van der Waals surface area contributed by atoms with Gasteiger partial charge in [-0.2, -0.15) is 0 Å². The first-order valence-electron chi connectivity index (χ1n) is 5.43. The summed E-state index contributed by atoms with van der Waals surface area (Å²) in [5.74, 6) is 1.40. The summed E-state index contributed by atoms with van der Waals surface area (Å²) in [6.45, 7) is 3.87. The predicted octanol–water partition coefficient (Wildman–Crippen LogP) is 2.26. The number of nitrogens with zero attached hydrogens (tertiary/aromatic N) is 1. The smallest absolute Gasteiger partial charge is 0.140 e. The first-order valence-corrected chi connectivity index (χ1v) is 6.22. The lowest BCUT2D eigenvalue weighted by molar-refractivity contribution is 0.108. The zero-order chi connectivity index (χ0) is 11.5. The highest BCUT2D eigenvalue weighted by atomic mass is 79.9. The average molecular weight is 286 g/mol.